The van der Waals surface area contributed by atoms with Crippen molar-refractivity contribution in [2.45, 2.75) is 73.3 Å². The molecule has 4 saturated heterocycles. The fourth-order valence-electron chi connectivity index (χ4n) is 9.34. The molecule has 2 aromatic carbocycles. The van der Waals surface area contributed by atoms with E-state index in [-0.39, 0.29) is 52.7 Å². The minimum atomic E-state index is -1.36. The van der Waals surface area contributed by atoms with Crippen LogP contribution in [-0.4, -0.2) is 110 Å². The Morgan fingerprint density at radius 2 is 1.73 bits per heavy atom. The molecule has 11 nitrogen and oxygen atoms in total. The number of nitrogen functional groups attached to an aromatic ring is 1. The number of benzene rings is 2. The number of alkyl halides is 2. The largest absolute Gasteiger partial charge is 0.397 e. The van der Waals surface area contributed by atoms with Gasteiger partial charge in [-0.3, -0.25) is 24.0 Å². The number of piperazine rings is 1. The number of rotatable bonds is 8. The van der Waals surface area contributed by atoms with Crippen molar-refractivity contribution in [3.05, 3.63) is 69.2 Å². The number of piperidine rings is 2. The third-order valence-corrected chi connectivity index (χ3v) is 13.1. The molecule has 4 aromatic rings. The van der Waals surface area contributed by atoms with Gasteiger partial charge >= 0.3 is 5.69 Å². The number of aromatic amines is 1. The van der Waals surface area contributed by atoms with Crippen molar-refractivity contribution in [2.24, 2.45) is 5.92 Å². The molecule has 3 N–H and O–H groups in total. The average molecular weight is 843 g/mol. The van der Waals surface area contributed by atoms with Crippen LogP contribution >= 0.6 is 34.2 Å². The van der Waals surface area contributed by atoms with Gasteiger partial charge in [0.1, 0.15) is 0 Å². The number of hydrogen-bond donors (Lipinski definition) is 2. The molecule has 0 aliphatic carbocycles. The van der Waals surface area contributed by atoms with Gasteiger partial charge in [-0.1, -0.05) is 29.8 Å². The second-order valence-corrected chi connectivity index (χ2v) is 16.7. The van der Waals surface area contributed by atoms with Crippen LogP contribution in [0.3, 0.4) is 0 Å². The van der Waals surface area contributed by atoms with E-state index < -0.39 is 10.1 Å². The van der Waals surface area contributed by atoms with Gasteiger partial charge in [0.05, 0.1) is 39.4 Å². The zero-order valence-corrected chi connectivity index (χ0v) is 32.2. The highest BCUT2D eigenvalue weighted by atomic mass is 127. The maximum atomic E-state index is 14.5. The fourth-order valence-corrected chi connectivity index (χ4v) is 10.1. The van der Waals surface area contributed by atoms with Crippen molar-refractivity contribution in [2.75, 3.05) is 52.0 Å². The Hall–Kier alpha value is -3.27. The third-order valence-electron chi connectivity index (χ3n) is 12.2. The van der Waals surface area contributed by atoms with Crippen molar-refractivity contribution in [1.29, 1.82) is 0 Å². The number of likely N-dealkylation sites (N-methyl/N-ethyl adjacent to an activating group) is 1. The van der Waals surface area contributed by atoms with Gasteiger partial charge in [-0.2, -0.15) is 0 Å². The van der Waals surface area contributed by atoms with Crippen LogP contribution in [0.4, 0.5) is 10.1 Å². The Morgan fingerprint density at radius 3 is 2.42 bits per heavy atom. The van der Waals surface area contributed by atoms with E-state index in [0.717, 1.165) is 47.9 Å². The normalized spacial score (nSPS) is 23.2. The minimum Gasteiger partial charge on any atom is -0.397 e. The first kappa shape index (κ1) is 35.7. The number of nitrogens with zero attached hydrogens (tertiary/aromatic N) is 6. The second-order valence-electron chi connectivity index (χ2n) is 15.2. The molecule has 3 unspecified atom stereocenters. The summed E-state index contributed by atoms with van der Waals surface area (Å²) in [4.78, 5) is 58.0. The number of hydrogen-bond acceptors (Lipinski definition) is 7. The van der Waals surface area contributed by atoms with Crippen LogP contribution in [0.25, 0.3) is 21.9 Å². The lowest BCUT2D eigenvalue weighted by molar-refractivity contribution is -0.143. The molecule has 4 atom stereocenters. The highest BCUT2D eigenvalue weighted by molar-refractivity contribution is 14.1. The zero-order valence-electron chi connectivity index (χ0n) is 29.3. The molecule has 6 heterocycles. The summed E-state index contributed by atoms with van der Waals surface area (Å²) in [5, 5.41) is 1.14. The van der Waals surface area contributed by atoms with Crippen molar-refractivity contribution < 1.29 is 14.0 Å². The molecule has 4 aliphatic heterocycles. The van der Waals surface area contributed by atoms with E-state index in [1.807, 2.05) is 34.1 Å². The van der Waals surface area contributed by atoms with Crippen LogP contribution in [0.5, 0.6) is 0 Å². The van der Waals surface area contributed by atoms with Gasteiger partial charge in [-0.25, -0.2) is 9.18 Å². The predicted octanol–water partition coefficient (Wildman–Crippen LogP) is 5.31. The Morgan fingerprint density at radius 1 is 1.02 bits per heavy atom. The summed E-state index contributed by atoms with van der Waals surface area (Å²) < 4.78 is 15.0. The van der Waals surface area contributed by atoms with E-state index in [2.05, 4.69) is 26.8 Å². The van der Waals surface area contributed by atoms with Crippen molar-refractivity contribution in [1.82, 2.24) is 34.1 Å². The Labute approximate surface area is 320 Å². The van der Waals surface area contributed by atoms with Crippen molar-refractivity contribution in [3.63, 3.8) is 0 Å². The monoisotopic (exact) mass is 842 g/mol. The fraction of sp³-hybridized carbons (Fsp3) is 0.526. The van der Waals surface area contributed by atoms with E-state index >= 15 is 0 Å². The number of amides is 2. The standard InChI is InChI=1S/C38H45ClFIN8O3/c1-45-20-27-18-26(45)21-48(27)24-6-12-47(13-7-24)37(51)23(14-22-15-29(36(40)41)34(42)30(39)16-22)17-33(50)46-10-8-25(9-11-46)49-32-19-43-31-5-3-2-4-28(31)35(32)44-38(49)52/h2-5,15-16,19,23-27,36H,6-14,17-18,20-21,42H2,1H3,(H,44,52)/t23-,26?,27?,36?/m0/s1. The van der Waals surface area contributed by atoms with Gasteiger partial charge in [0, 0.05) is 80.8 Å². The molecular weight excluding hydrogens is 798 g/mol. The molecule has 2 amide bonds. The average Bonchev–Trinajstić information content (AvgIpc) is 3.84. The number of para-hydroxylation sites is 1. The summed E-state index contributed by atoms with van der Waals surface area (Å²) in [5.41, 5.74) is 9.43. The predicted molar refractivity (Wildman–Crippen MR) is 209 cm³/mol. The molecule has 2 bridgehead atoms. The van der Waals surface area contributed by atoms with E-state index in [1.54, 1.807) is 45.5 Å². The van der Waals surface area contributed by atoms with Crippen molar-refractivity contribution >= 4 is 73.6 Å². The molecule has 0 spiro atoms. The number of halogens is 3. The highest BCUT2D eigenvalue weighted by Crippen LogP contribution is 2.37. The van der Waals surface area contributed by atoms with Crippen LogP contribution in [-0.2, 0) is 16.0 Å². The highest BCUT2D eigenvalue weighted by Gasteiger charge is 2.45. The first-order valence-electron chi connectivity index (χ1n) is 18.4. The number of nitrogens with one attached hydrogen (secondary N) is 1. The molecule has 276 valence electrons. The number of likely N-dealkylation sites (tertiary alicyclic amines) is 4. The molecule has 8 rings (SSSR count). The first-order chi connectivity index (χ1) is 25.0. The summed E-state index contributed by atoms with van der Waals surface area (Å²) >= 11 is 8.11. The summed E-state index contributed by atoms with van der Waals surface area (Å²) in [7, 11) is 2.21. The van der Waals surface area contributed by atoms with E-state index in [9.17, 15) is 18.8 Å². The number of imidazole rings is 1. The van der Waals surface area contributed by atoms with Gasteiger partial charge in [-0.05, 0) is 91.9 Å². The van der Waals surface area contributed by atoms with Crippen LogP contribution in [0, 0.1) is 5.92 Å². The van der Waals surface area contributed by atoms with Crippen molar-refractivity contribution in [3.8, 4) is 0 Å². The lowest BCUT2D eigenvalue weighted by atomic mass is 9.91. The van der Waals surface area contributed by atoms with Crippen LogP contribution < -0.4 is 11.4 Å². The second kappa shape index (κ2) is 14.5. The minimum absolute atomic E-state index is 0.0369. The number of nitrogens with two attached hydrogens (primary N) is 1. The molecule has 0 radical (unpaired) electrons. The van der Waals surface area contributed by atoms with E-state index in [1.165, 1.54) is 6.42 Å². The maximum Gasteiger partial charge on any atom is 0.326 e. The number of aromatic nitrogens is 3. The molecule has 2 aromatic heterocycles. The van der Waals surface area contributed by atoms with Crippen LogP contribution in [0.2, 0.25) is 5.02 Å². The third kappa shape index (κ3) is 6.70. The SMILES string of the molecule is CN1CC2CC1CN2C1CCN(C(=O)[C@H](CC(=O)N2CCC(n3c(=O)[nH]c4c5ccccc5ncc43)CC2)Cc2cc(Cl)c(N)c(C(F)I)c2)CC1. The first-order valence-corrected chi connectivity index (χ1v) is 20.0. The number of carbonyl (C=O) groups excluding carboxylic acids is 2. The van der Waals surface area contributed by atoms with Gasteiger partial charge in [0.2, 0.25) is 11.8 Å². The molecule has 4 aliphatic rings. The smallest absolute Gasteiger partial charge is 0.326 e. The maximum absolute atomic E-state index is 14.5. The molecular formula is C38H45ClFIN8O3. The van der Waals surface area contributed by atoms with Gasteiger partial charge in [-0.15, -0.1) is 0 Å². The molecule has 52 heavy (non-hydrogen) atoms. The topological polar surface area (TPSA) is 124 Å². The van der Waals surface area contributed by atoms with Gasteiger partial charge in [0.25, 0.3) is 0 Å². The zero-order chi connectivity index (χ0) is 36.3. The van der Waals surface area contributed by atoms with E-state index in [0.29, 0.717) is 62.7 Å². The molecule has 0 saturated carbocycles. The van der Waals surface area contributed by atoms with E-state index in [4.69, 9.17) is 17.3 Å². The lowest BCUT2D eigenvalue weighted by Crippen LogP contribution is -2.54. The number of carbonyl (C=O) groups is 2. The Bertz CT molecular complexity index is 2050. The Kier molecular flexibility index (Phi) is 9.98. The van der Waals surface area contributed by atoms with Crippen LogP contribution in [0.1, 0.15) is 59.9 Å². The summed E-state index contributed by atoms with van der Waals surface area (Å²) in [6.45, 7) is 4.46. The van der Waals surface area contributed by atoms with Gasteiger partial charge in [0.15, 0.2) is 4.18 Å². The van der Waals surface area contributed by atoms with Gasteiger partial charge < -0.3 is 25.4 Å². The molecule has 14 heteroatoms. The van der Waals surface area contributed by atoms with Crippen LogP contribution in [0.15, 0.2) is 47.4 Å². The quantitative estimate of drug-likeness (QED) is 0.140. The summed E-state index contributed by atoms with van der Waals surface area (Å²) in [5.74, 6) is -0.773. The number of anilines is 1. The number of H-pyrrole nitrogens is 1. The lowest BCUT2D eigenvalue weighted by Gasteiger charge is -2.42. The summed E-state index contributed by atoms with van der Waals surface area (Å²) in [6.07, 6.45) is 6.32. The number of fused-ring (bicyclic) bond motifs is 5. The summed E-state index contributed by atoms with van der Waals surface area (Å²) in [6, 6.07) is 12.7. The molecule has 4 fully saturated rings. The Balaban J connectivity index is 0.964. The number of pyridine rings is 1.